The largest absolute Gasteiger partial charge is 0.397 e. The number of fused-ring (bicyclic) bond motifs is 1. The zero-order chi connectivity index (χ0) is 22.3. The van der Waals surface area contributed by atoms with E-state index >= 15 is 0 Å². The quantitative estimate of drug-likeness (QED) is 0.575. The van der Waals surface area contributed by atoms with E-state index in [9.17, 15) is 9.59 Å². The molecule has 3 amide bonds. The Labute approximate surface area is 184 Å². The molecule has 1 aliphatic heterocycles. The van der Waals surface area contributed by atoms with Crippen molar-refractivity contribution in [3.8, 4) is 0 Å². The lowest BCUT2D eigenvalue weighted by Crippen LogP contribution is -2.61. The molecular weight excluding hydrogens is 412 g/mol. The van der Waals surface area contributed by atoms with Crippen LogP contribution in [0.3, 0.4) is 0 Å². The van der Waals surface area contributed by atoms with Crippen LogP contribution in [0.15, 0.2) is 24.3 Å². The predicted molar refractivity (Wildman–Crippen MR) is 124 cm³/mol. The maximum Gasteiger partial charge on any atom is 0.321 e. The van der Waals surface area contributed by atoms with E-state index in [4.69, 9.17) is 5.73 Å². The molecule has 0 aliphatic carbocycles. The molecule has 0 bridgehead atoms. The van der Waals surface area contributed by atoms with Crippen LogP contribution in [-0.2, 0) is 0 Å². The number of amides is 3. The molecule has 4 N–H and O–H groups in total. The summed E-state index contributed by atoms with van der Waals surface area (Å²) in [7, 11) is 0. The van der Waals surface area contributed by atoms with E-state index in [-0.39, 0.29) is 18.0 Å². The van der Waals surface area contributed by atoms with Gasteiger partial charge in [0.25, 0.3) is 5.91 Å². The van der Waals surface area contributed by atoms with Crippen molar-refractivity contribution in [2.45, 2.75) is 39.7 Å². The second kappa shape index (κ2) is 8.14. The van der Waals surface area contributed by atoms with Crippen molar-refractivity contribution < 1.29 is 9.59 Å². The van der Waals surface area contributed by atoms with Gasteiger partial charge in [0.15, 0.2) is 0 Å². The molecule has 3 aromatic rings. The van der Waals surface area contributed by atoms with E-state index in [0.717, 1.165) is 22.3 Å². The minimum absolute atomic E-state index is 0.111. The van der Waals surface area contributed by atoms with Gasteiger partial charge in [0.1, 0.15) is 9.71 Å². The molecule has 2 aromatic heterocycles. The number of urea groups is 1. The highest BCUT2D eigenvalue weighted by atomic mass is 32.1. The number of nitrogens with zero attached hydrogens (tertiary/aromatic N) is 3. The lowest BCUT2D eigenvalue weighted by Gasteiger charge is -2.39. The molecule has 0 saturated carbocycles. The van der Waals surface area contributed by atoms with Crippen LogP contribution in [0.2, 0.25) is 0 Å². The van der Waals surface area contributed by atoms with Crippen LogP contribution in [0.5, 0.6) is 0 Å². The van der Waals surface area contributed by atoms with Crippen molar-refractivity contribution in [2.75, 3.05) is 24.1 Å². The van der Waals surface area contributed by atoms with Gasteiger partial charge >= 0.3 is 6.03 Å². The summed E-state index contributed by atoms with van der Waals surface area (Å²) in [4.78, 5) is 27.9. The number of carbonyl (C=O) groups is 2. The summed E-state index contributed by atoms with van der Waals surface area (Å²) >= 11 is 1.24. The smallest absolute Gasteiger partial charge is 0.321 e. The van der Waals surface area contributed by atoms with E-state index < -0.39 is 0 Å². The molecule has 8 nitrogen and oxygen atoms in total. The average molecular weight is 439 g/mol. The zero-order valence-corrected chi connectivity index (χ0v) is 18.8. The third-order valence-electron chi connectivity index (χ3n) is 5.67. The normalized spacial score (nSPS) is 14.0. The van der Waals surface area contributed by atoms with E-state index in [1.54, 1.807) is 4.90 Å². The number of anilines is 2. The number of benzene rings is 1. The minimum atomic E-state index is -0.244. The summed E-state index contributed by atoms with van der Waals surface area (Å²) < 4.78 is 0. The summed E-state index contributed by atoms with van der Waals surface area (Å²) in [6.07, 6.45) is 0. The van der Waals surface area contributed by atoms with E-state index in [2.05, 4.69) is 34.7 Å². The van der Waals surface area contributed by atoms with Gasteiger partial charge in [-0.05, 0) is 43.0 Å². The molecule has 0 atom stereocenters. The number of hydrogen-bond acceptors (Lipinski definition) is 6. The number of nitrogens with two attached hydrogens (primary N) is 1. The fraction of sp³-hybridized carbons (Fsp3) is 0.364. The van der Waals surface area contributed by atoms with E-state index in [0.29, 0.717) is 34.4 Å². The summed E-state index contributed by atoms with van der Waals surface area (Å²) in [6.45, 7) is 8.95. The molecule has 1 aliphatic rings. The maximum atomic E-state index is 12.7. The Hall–Kier alpha value is -3.20. The number of hydrogen-bond donors (Lipinski definition) is 3. The number of carbonyl (C=O) groups excluding carboxylic acids is 2. The summed E-state index contributed by atoms with van der Waals surface area (Å²) in [5, 5.41) is 14.9. The molecule has 1 fully saturated rings. The minimum Gasteiger partial charge on any atom is -0.397 e. The van der Waals surface area contributed by atoms with Gasteiger partial charge in [-0.2, -0.15) is 5.10 Å². The summed E-state index contributed by atoms with van der Waals surface area (Å²) in [6, 6.07) is 7.56. The number of thiophene rings is 1. The lowest BCUT2D eigenvalue weighted by atomic mass is 10.0. The second-order valence-corrected chi connectivity index (χ2v) is 9.22. The van der Waals surface area contributed by atoms with Crippen molar-refractivity contribution in [2.24, 2.45) is 0 Å². The first kappa shape index (κ1) is 21.0. The molecule has 1 saturated heterocycles. The number of rotatable bonds is 4. The Bertz CT molecular complexity index is 1150. The first-order valence-corrected chi connectivity index (χ1v) is 11.0. The molecule has 0 unspecified atom stereocenters. The molecule has 0 radical (unpaired) electrons. The van der Waals surface area contributed by atoms with Crippen LogP contribution < -0.4 is 16.4 Å². The molecular formula is C22H26N6O2S. The van der Waals surface area contributed by atoms with Gasteiger partial charge in [0.05, 0.1) is 17.4 Å². The highest BCUT2D eigenvalue weighted by molar-refractivity contribution is 7.21. The van der Waals surface area contributed by atoms with Gasteiger partial charge in [-0.15, -0.1) is 16.4 Å². The molecule has 162 valence electrons. The fourth-order valence-corrected chi connectivity index (χ4v) is 4.55. The molecule has 31 heavy (non-hydrogen) atoms. The van der Waals surface area contributed by atoms with E-state index in [1.807, 2.05) is 38.1 Å². The monoisotopic (exact) mass is 438 g/mol. The Morgan fingerprint density at radius 3 is 2.48 bits per heavy atom. The summed E-state index contributed by atoms with van der Waals surface area (Å²) in [5.74, 6) is 0.200. The number of aryl methyl sites for hydroxylation is 2. The Balaban J connectivity index is 1.34. The maximum absolute atomic E-state index is 12.7. The van der Waals surface area contributed by atoms with E-state index in [1.165, 1.54) is 16.9 Å². The fourth-order valence-electron chi connectivity index (χ4n) is 3.55. The van der Waals surface area contributed by atoms with Gasteiger partial charge in [-0.3, -0.25) is 4.79 Å². The number of nitrogens with one attached hydrogen (secondary N) is 2. The number of aromatic nitrogens is 2. The second-order valence-electron chi connectivity index (χ2n) is 8.22. The number of nitrogen functional groups attached to an aromatic ring is 1. The highest BCUT2D eigenvalue weighted by Gasteiger charge is 2.33. The van der Waals surface area contributed by atoms with Gasteiger partial charge < -0.3 is 21.3 Å². The van der Waals surface area contributed by atoms with Crippen LogP contribution in [0.1, 0.15) is 46.3 Å². The van der Waals surface area contributed by atoms with Crippen molar-refractivity contribution in [3.63, 3.8) is 0 Å². The van der Waals surface area contributed by atoms with Crippen molar-refractivity contribution in [1.29, 1.82) is 0 Å². The van der Waals surface area contributed by atoms with Crippen LogP contribution >= 0.6 is 11.3 Å². The van der Waals surface area contributed by atoms with Gasteiger partial charge in [-0.25, -0.2) is 4.79 Å². The Morgan fingerprint density at radius 2 is 1.84 bits per heavy atom. The molecule has 4 rings (SSSR count). The van der Waals surface area contributed by atoms with Gasteiger partial charge in [0, 0.05) is 24.2 Å². The lowest BCUT2D eigenvalue weighted by molar-refractivity contribution is 0.0869. The van der Waals surface area contributed by atoms with Crippen molar-refractivity contribution in [1.82, 2.24) is 20.4 Å². The highest BCUT2D eigenvalue weighted by Crippen LogP contribution is 2.35. The van der Waals surface area contributed by atoms with Gasteiger partial charge in [0.2, 0.25) is 0 Å². The van der Waals surface area contributed by atoms with Crippen molar-refractivity contribution >= 4 is 44.9 Å². The topological polar surface area (TPSA) is 113 Å². The predicted octanol–water partition coefficient (Wildman–Crippen LogP) is 3.66. The van der Waals surface area contributed by atoms with Crippen molar-refractivity contribution in [3.05, 3.63) is 46.0 Å². The third-order valence-corrected chi connectivity index (χ3v) is 6.76. The molecule has 9 heteroatoms. The van der Waals surface area contributed by atoms with Crippen LogP contribution in [0.4, 0.5) is 16.2 Å². The SMILES string of the molecule is Cc1nnc2sc(C(=O)NC3CN(C(=O)Nc4ccc(C(C)C)cc4)C3)c(N)c2c1C. The first-order chi connectivity index (χ1) is 14.7. The molecule has 3 heterocycles. The molecule has 1 aromatic carbocycles. The number of likely N-dealkylation sites (tertiary alicyclic amines) is 1. The van der Waals surface area contributed by atoms with Gasteiger partial charge in [-0.1, -0.05) is 26.0 Å². The van der Waals surface area contributed by atoms with Crippen LogP contribution in [0, 0.1) is 13.8 Å². The zero-order valence-electron chi connectivity index (χ0n) is 18.0. The van der Waals surface area contributed by atoms with Crippen LogP contribution in [-0.4, -0.2) is 46.2 Å². The average Bonchev–Trinajstić information content (AvgIpc) is 3.04. The first-order valence-electron chi connectivity index (χ1n) is 10.2. The summed E-state index contributed by atoms with van der Waals surface area (Å²) in [5.41, 5.74) is 10.4. The Morgan fingerprint density at radius 1 is 1.16 bits per heavy atom. The standard InChI is InChI=1S/C22H26N6O2S/c1-11(2)14-5-7-15(8-6-14)25-22(30)28-9-16(10-28)24-20(29)19-18(23)17-12(3)13(4)26-27-21(17)31-19/h5-8,11,16H,9-10,23H2,1-4H3,(H,24,29)(H,25,30). The molecule has 0 spiro atoms. The third kappa shape index (κ3) is 4.05. The Kier molecular flexibility index (Phi) is 5.53. The van der Waals surface area contributed by atoms with Crippen LogP contribution in [0.25, 0.3) is 10.2 Å².